The van der Waals surface area contributed by atoms with Crippen molar-refractivity contribution >= 4 is 21.8 Å². The van der Waals surface area contributed by atoms with Gasteiger partial charge in [-0.2, -0.15) is 4.31 Å². The summed E-state index contributed by atoms with van der Waals surface area (Å²) in [6.07, 6.45) is 2.00. The summed E-state index contributed by atoms with van der Waals surface area (Å²) < 4.78 is 27.2. The lowest BCUT2D eigenvalue weighted by atomic mass is 10.0. The molecule has 29 heavy (non-hydrogen) atoms. The summed E-state index contributed by atoms with van der Waals surface area (Å²) in [5.74, 6) is -0.552. The molecule has 3 rings (SSSR count). The van der Waals surface area contributed by atoms with Crippen LogP contribution in [-0.2, 0) is 14.8 Å². The molecule has 154 valence electrons. The second kappa shape index (κ2) is 9.67. The number of sulfonamides is 1. The molecule has 0 radical (unpaired) electrons. The number of carbonyl (C=O) groups excluding carboxylic acids is 2. The van der Waals surface area contributed by atoms with Crippen molar-refractivity contribution in [2.45, 2.75) is 30.2 Å². The average molecular weight is 416 g/mol. The quantitative estimate of drug-likeness (QED) is 0.674. The lowest BCUT2D eigenvalue weighted by Crippen LogP contribution is -2.52. The summed E-state index contributed by atoms with van der Waals surface area (Å²) in [7, 11) is -3.73. The summed E-state index contributed by atoms with van der Waals surface area (Å²) in [5.41, 5.74) is 0.547. The molecule has 0 aliphatic carbocycles. The van der Waals surface area contributed by atoms with Gasteiger partial charge in [0.1, 0.15) is 6.04 Å². The van der Waals surface area contributed by atoms with E-state index in [1.54, 1.807) is 42.5 Å². The third-order valence-electron chi connectivity index (χ3n) is 4.85. The Hall–Kier alpha value is -2.71. The Morgan fingerprint density at radius 1 is 0.897 bits per heavy atom. The van der Waals surface area contributed by atoms with Gasteiger partial charge in [0.15, 0.2) is 0 Å². The molecule has 2 aromatic carbocycles. The summed E-state index contributed by atoms with van der Waals surface area (Å²) in [6, 6.07) is 16.2. The maximum Gasteiger partial charge on any atom is 0.251 e. The number of nitrogens with zero attached hydrogens (tertiary/aromatic N) is 1. The number of benzene rings is 2. The van der Waals surface area contributed by atoms with E-state index in [0.29, 0.717) is 18.5 Å². The molecule has 0 bridgehead atoms. The van der Waals surface area contributed by atoms with Crippen molar-refractivity contribution in [1.82, 2.24) is 14.9 Å². The van der Waals surface area contributed by atoms with E-state index in [1.807, 2.05) is 6.07 Å². The summed E-state index contributed by atoms with van der Waals surface area (Å²) >= 11 is 0. The molecule has 1 aliphatic heterocycles. The predicted molar refractivity (Wildman–Crippen MR) is 110 cm³/mol. The first kappa shape index (κ1) is 21.0. The van der Waals surface area contributed by atoms with Gasteiger partial charge in [0, 0.05) is 25.2 Å². The fourth-order valence-electron chi connectivity index (χ4n) is 3.35. The van der Waals surface area contributed by atoms with Gasteiger partial charge in [0.2, 0.25) is 15.9 Å². The zero-order valence-electron chi connectivity index (χ0n) is 16.1. The van der Waals surface area contributed by atoms with Crippen molar-refractivity contribution in [2.75, 3.05) is 19.6 Å². The highest BCUT2D eigenvalue weighted by atomic mass is 32.2. The Morgan fingerprint density at radius 3 is 2.21 bits per heavy atom. The van der Waals surface area contributed by atoms with E-state index in [9.17, 15) is 18.0 Å². The average Bonchev–Trinajstić information content (AvgIpc) is 2.77. The predicted octanol–water partition coefficient (Wildman–Crippen LogP) is 1.78. The monoisotopic (exact) mass is 415 g/mol. The molecule has 0 spiro atoms. The molecule has 2 aromatic rings. The van der Waals surface area contributed by atoms with Gasteiger partial charge in [-0.3, -0.25) is 9.59 Å². The highest BCUT2D eigenvalue weighted by molar-refractivity contribution is 7.89. The number of hydrogen-bond donors (Lipinski definition) is 2. The summed E-state index contributed by atoms with van der Waals surface area (Å²) in [4.78, 5) is 24.9. The molecule has 1 heterocycles. The molecule has 0 saturated carbocycles. The van der Waals surface area contributed by atoms with Crippen molar-refractivity contribution in [1.29, 1.82) is 0 Å². The Balaban J connectivity index is 1.56. The van der Waals surface area contributed by atoms with Crippen molar-refractivity contribution in [2.24, 2.45) is 0 Å². The van der Waals surface area contributed by atoms with Crippen LogP contribution in [0.15, 0.2) is 65.6 Å². The molecule has 1 saturated heterocycles. The van der Waals surface area contributed by atoms with Crippen LogP contribution in [0, 0.1) is 0 Å². The fraction of sp³-hybridized carbons (Fsp3) is 0.333. The number of rotatable bonds is 7. The Morgan fingerprint density at radius 2 is 1.52 bits per heavy atom. The maximum atomic E-state index is 13.0. The third kappa shape index (κ3) is 5.21. The van der Waals surface area contributed by atoms with Gasteiger partial charge in [-0.25, -0.2) is 8.42 Å². The van der Waals surface area contributed by atoms with Crippen LogP contribution in [0.2, 0.25) is 0 Å². The van der Waals surface area contributed by atoms with Gasteiger partial charge in [0.25, 0.3) is 5.91 Å². The van der Waals surface area contributed by atoms with Crippen molar-refractivity contribution in [3.05, 3.63) is 66.2 Å². The van der Waals surface area contributed by atoms with Crippen LogP contribution in [-0.4, -0.2) is 50.2 Å². The van der Waals surface area contributed by atoms with E-state index >= 15 is 0 Å². The minimum absolute atomic E-state index is 0.190. The van der Waals surface area contributed by atoms with Crippen molar-refractivity contribution < 1.29 is 18.0 Å². The molecule has 1 atom stereocenters. The first-order chi connectivity index (χ1) is 14.0. The van der Waals surface area contributed by atoms with Crippen LogP contribution in [0.3, 0.4) is 0 Å². The molecule has 2 amide bonds. The smallest absolute Gasteiger partial charge is 0.251 e. The zero-order chi connectivity index (χ0) is 20.7. The standard InChI is InChI=1S/C21H25N3O4S/c25-20(17-9-3-1-4-10-17)22-14-15-23-21(26)19-13-7-8-16-24(19)29(27,28)18-11-5-2-6-12-18/h1-6,9-12,19H,7-8,13-16H2,(H,22,25)(H,23,26). The molecule has 1 unspecified atom stereocenters. The van der Waals surface area contributed by atoms with Gasteiger partial charge in [0.05, 0.1) is 4.90 Å². The Bertz CT molecular complexity index is 933. The minimum atomic E-state index is -3.73. The van der Waals surface area contributed by atoms with E-state index in [-0.39, 0.29) is 29.8 Å². The topological polar surface area (TPSA) is 95.6 Å². The van der Waals surface area contributed by atoms with E-state index in [2.05, 4.69) is 10.6 Å². The number of piperidine rings is 1. The molecular formula is C21H25N3O4S. The lowest BCUT2D eigenvalue weighted by molar-refractivity contribution is -0.125. The molecule has 1 aliphatic rings. The van der Waals surface area contributed by atoms with Gasteiger partial charge in [-0.05, 0) is 37.1 Å². The molecule has 2 N–H and O–H groups in total. The minimum Gasteiger partial charge on any atom is -0.353 e. The van der Waals surface area contributed by atoms with Gasteiger partial charge in [-0.15, -0.1) is 0 Å². The second-order valence-electron chi connectivity index (χ2n) is 6.85. The molecule has 1 fully saturated rings. The van der Waals surface area contributed by atoms with Crippen LogP contribution in [0.4, 0.5) is 0 Å². The van der Waals surface area contributed by atoms with E-state index in [0.717, 1.165) is 12.8 Å². The molecular weight excluding hydrogens is 390 g/mol. The number of amides is 2. The fourth-order valence-corrected chi connectivity index (χ4v) is 5.03. The Labute approximate surface area is 171 Å². The van der Waals surface area contributed by atoms with Crippen molar-refractivity contribution in [3.8, 4) is 0 Å². The van der Waals surface area contributed by atoms with Crippen LogP contribution in [0.25, 0.3) is 0 Å². The first-order valence-electron chi connectivity index (χ1n) is 9.68. The highest BCUT2D eigenvalue weighted by Crippen LogP contribution is 2.25. The summed E-state index contributed by atoms with van der Waals surface area (Å²) in [5, 5.41) is 5.49. The molecule has 7 nitrogen and oxygen atoms in total. The van der Waals surface area contributed by atoms with Gasteiger partial charge in [-0.1, -0.05) is 42.8 Å². The van der Waals surface area contributed by atoms with E-state index < -0.39 is 16.1 Å². The lowest BCUT2D eigenvalue weighted by Gasteiger charge is -2.33. The zero-order valence-corrected chi connectivity index (χ0v) is 16.9. The largest absolute Gasteiger partial charge is 0.353 e. The Kier molecular flexibility index (Phi) is 7.00. The van der Waals surface area contributed by atoms with Crippen LogP contribution in [0.1, 0.15) is 29.6 Å². The number of carbonyl (C=O) groups is 2. The van der Waals surface area contributed by atoms with Crippen LogP contribution < -0.4 is 10.6 Å². The number of nitrogens with one attached hydrogen (secondary N) is 2. The molecule has 0 aromatic heterocycles. The number of hydrogen-bond acceptors (Lipinski definition) is 4. The third-order valence-corrected chi connectivity index (χ3v) is 6.77. The van der Waals surface area contributed by atoms with Gasteiger partial charge < -0.3 is 10.6 Å². The van der Waals surface area contributed by atoms with Crippen LogP contribution in [0.5, 0.6) is 0 Å². The maximum absolute atomic E-state index is 13.0. The van der Waals surface area contributed by atoms with Crippen LogP contribution >= 0.6 is 0 Å². The normalized spacial score (nSPS) is 17.4. The highest BCUT2D eigenvalue weighted by Gasteiger charge is 2.37. The van der Waals surface area contributed by atoms with E-state index in [4.69, 9.17) is 0 Å². The van der Waals surface area contributed by atoms with Gasteiger partial charge >= 0.3 is 0 Å². The first-order valence-corrected chi connectivity index (χ1v) is 11.1. The molecule has 8 heteroatoms. The second-order valence-corrected chi connectivity index (χ2v) is 8.74. The summed E-state index contributed by atoms with van der Waals surface area (Å²) in [6.45, 7) is 0.810. The van der Waals surface area contributed by atoms with Crippen molar-refractivity contribution in [3.63, 3.8) is 0 Å². The van der Waals surface area contributed by atoms with E-state index in [1.165, 1.54) is 16.4 Å². The SMILES string of the molecule is O=C(NCCNC(=O)C1CCCCN1S(=O)(=O)c1ccccc1)c1ccccc1.